The number of para-hydroxylation sites is 1. The molecular formula is C9H7NO2. The fourth-order valence-corrected chi connectivity index (χ4v) is 1.02. The quantitative estimate of drug-likeness (QED) is 0.358. The first-order chi connectivity index (χ1) is 5.66. The number of nitro benzene ring substituents is 1. The summed E-state index contributed by atoms with van der Waals surface area (Å²) in [7, 11) is 0. The average molecular weight is 161 g/mol. The van der Waals surface area contributed by atoms with Gasteiger partial charge in [0.25, 0.3) is 5.69 Å². The number of benzene rings is 1. The lowest BCUT2D eigenvalue weighted by Gasteiger charge is -1.97. The van der Waals surface area contributed by atoms with Crippen molar-refractivity contribution >= 4 is 5.69 Å². The first-order valence-electron chi connectivity index (χ1n) is 3.37. The number of nitro groups is 1. The van der Waals surface area contributed by atoms with E-state index in [2.05, 4.69) is 5.92 Å². The zero-order chi connectivity index (χ0) is 9.14. The van der Waals surface area contributed by atoms with Gasteiger partial charge in [-0.2, -0.15) is 0 Å². The first-order valence-corrected chi connectivity index (χ1v) is 3.37. The van der Waals surface area contributed by atoms with Crippen molar-refractivity contribution in [2.24, 2.45) is 0 Å². The number of hydrogen-bond acceptors (Lipinski definition) is 2. The summed E-state index contributed by atoms with van der Waals surface area (Å²) >= 11 is 0. The molecule has 0 saturated heterocycles. The molecule has 0 aliphatic rings. The maximum atomic E-state index is 10.5. The van der Waals surface area contributed by atoms with Crippen LogP contribution in [0.2, 0.25) is 0 Å². The van der Waals surface area contributed by atoms with Crippen LogP contribution in [0.15, 0.2) is 18.2 Å². The minimum Gasteiger partial charge on any atom is -0.258 e. The maximum absolute atomic E-state index is 10.5. The van der Waals surface area contributed by atoms with Crippen LogP contribution in [0.3, 0.4) is 0 Å². The molecule has 0 amide bonds. The Morgan fingerprint density at radius 1 is 1.58 bits per heavy atom. The number of aryl methyl sites for hydroxylation is 1. The maximum Gasteiger partial charge on any atom is 0.287 e. The van der Waals surface area contributed by atoms with Gasteiger partial charge in [0.15, 0.2) is 0 Å². The Labute approximate surface area is 70.2 Å². The second-order valence-corrected chi connectivity index (χ2v) is 2.37. The summed E-state index contributed by atoms with van der Waals surface area (Å²) in [6, 6.07) is 4.93. The van der Waals surface area contributed by atoms with Gasteiger partial charge in [-0.1, -0.05) is 18.1 Å². The van der Waals surface area contributed by atoms with Gasteiger partial charge in [-0.15, -0.1) is 6.42 Å². The third-order valence-electron chi connectivity index (χ3n) is 1.58. The standard InChI is InChI=1S/C9H7NO2/c1-3-8-6-4-5-7(2)9(8)10(11)12/h1,4-6H,2H3. The van der Waals surface area contributed by atoms with Crippen LogP contribution in [0.1, 0.15) is 11.1 Å². The van der Waals surface area contributed by atoms with E-state index in [0.29, 0.717) is 11.1 Å². The van der Waals surface area contributed by atoms with Crippen LogP contribution in [0.25, 0.3) is 0 Å². The van der Waals surface area contributed by atoms with E-state index in [4.69, 9.17) is 6.42 Å². The number of hydrogen-bond donors (Lipinski definition) is 0. The minimum absolute atomic E-state index is 0.0278. The lowest BCUT2D eigenvalue weighted by atomic mass is 10.1. The van der Waals surface area contributed by atoms with Crippen LogP contribution < -0.4 is 0 Å². The number of nitrogens with zero attached hydrogens (tertiary/aromatic N) is 1. The van der Waals surface area contributed by atoms with Crippen LogP contribution in [-0.4, -0.2) is 4.92 Å². The highest BCUT2D eigenvalue weighted by Crippen LogP contribution is 2.21. The van der Waals surface area contributed by atoms with Gasteiger partial charge in [0, 0.05) is 5.56 Å². The fraction of sp³-hybridized carbons (Fsp3) is 0.111. The summed E-state index contributed by atoms with van der Waals surface area (Å²) in [5.41, 5.74) is 0.954. The third-order valence-corrected chi connectivity index (χ3v) is 1.58. The van der Waals surface area contributed by atoms with E-state index in [1.54, 1.807) is 25.1 Å². The molecule has 3 heteroatoms. The molecule has 0 unspecified atom stereocenters. The minimum atomic E-state index is -0.454. The van der Waals surface area contributed by atoms with Gasteiger partial charge < -0.3 is 0 Å². The molecule has 60 valence electrons. The van der Waals surface area contributed by atoms with E-state index in [1.807, 2.05) is 0 Å². The lowest BCUT2D eigenvalue weighted by molar-refractivity contribution is -0.385. The van der Waals surface area contributed by atoms with Crippen LogP contribution in [0.4, 0.5) is 5.69 Å². The Balaban J connectivity index is 3.42. The molecule has 12 heavy (non-hydrogen) atoms. The second-order valence-electron chi connectivity index (χ2n) is 2.37. The first kappa shape index (κ1) is 8.28. The lowest BCUT2D eigenvalue weighted by Crippen LogP contribution is -1.94. The summed E-state index contributed by atoms with van der Waals surface area (Å²) in [5.74, 6) is 2.28. The van der Waals surface area contributed by atoms with Crippen molar-refractivity contribution in [2.75, 3.05) is 0 Å². The number of rotatable bonds is 1. The van der Waals surface area contributed by atoms with Crippen molar-refractivity contribution in [3.63, 3.8) is 0 Å². The van der Waals surface area contributed by atoms with Crippen LogP contribution in [-0.2, 0) is 0 Å². The Hall–Kier alpha value is -1.82. The smallest absolute Gasteiger partial charge is 0.258 e. The molecule has 3 nitrogen and oxygen atoms in total. The molecule has 0 atom stereocenters. The van der Waals surface area contributed by atoms with Gasteiger partial charge in [0.2, 0.25) is 0 Å². The second kappa shape index (κ2) is 3.05. The average Bonchev–Trinajstić information content (AvgIpc) is 2.03. The van der Waals surface area contributed by atoms with E-state index < -0.39 is 4.92 Å². The molecule has 1 aromatic rings. The third kappa shape index (κ3) is 1.28. The van der Waals surface area contributed by atoms with E-state index >= 15 is 0 Å². The molecule has 0 aliphatic heterocycles. The number of terminal acetylenes is 1. The van der Waals surface area contributed by atoms with Crippen molar-refractivity contribution in [1.29, 1.82) is 0 Å². The highest BCUT2D eigenvalue weighted by Gasteiger charge is 2.14. The Bertz CT molecular complexity index is 363. The van der Waals surface area contributed by atoms with Gasteiger partial charge in [0.05, 0.1) is 4.92 Å². The molecule has 1 aromatic carbocycles. The van der Waals surface area contributed by atoms with E-state index in [1.165, 1.54) is 0 Å². The van der Waals surface area contributed by atoms with Crippen LogP contribution in [0.5, 0.6) is 0 Å². The van der Waals surface area contributed by atoms with E-state index in [0.717, 1.165) is 0 Å². The highest BCUT2D eigenvalue weighted by atomic mass is 16.6. The van der Waals surface area contributed by atoms with Crippen molar-refractivity contribution in [3.8, 4) is 12.3 Å². The summed E-state index contributed by atoms with van der Waals surface area (Å²) in [5, 5.41) is 10.5. The molecule has 0 radical (unpaired) electrons. The van der Waals surface area contributed by atoms with Gasteiger partial charge in [-0.3, -0.25) is 10.1 Å². The Morgan fingerprint density at radius 3 is 2.67 bits per heavy atom. The van der Waals surface area contributed by atoms with Gasteiger partial charge in [-0.25, -0.2) is 0 Å². The Morgan fingerprint density at radius 2 is 2.25 bits per heavy atom. The zero-order valence-electron chi connectivity index (χ0n) is 6.57. The molecule has 0 saturated carbocycles. The van der Waals surface area contributed by atoms with Crippen molar-refractivity contribution in [1.82, 2.24) is 0 Å². The van der Waals surface area contributed by atoms with Crippen LogP contribution in [0, 0.1) is 29.4 Å². The predicted molar refractivity (Wildman–Crippen MR) is 45.8 cm³/mol. The summed E-state index contributed by atoms with van der Waals surface area (Å²) in [4.78, 5) is 10.1. The molecule has 0 spiro atoms. The fourth-order valence-electron chi connectivity index (χ4n) is 1.02. The molecule has 0 aromatic heterocycles. The van der Waals surface area contributed by atoms with Gasteiger partial charge >= 0.3 is 0 Å². The highest BCUT2D eigenvalue weighted by molar-refractivity contribution is 5.54. The summed E-state index contributed by atoms with van der Waals surface area (Å²) in [6.07, 6.45) is 5.10. The molecule has 0 aliphatic carbocycles. The summed E-state index contributed by atoms with van der Waals surface area (Å²) < 4.78 is 0. The van der Waals surface area contributed by atoms with Crippen molar-refractivity contribution in [3.05, 3.63) is 39.4 Å². The largest absolute Gasteiger partial charge is 0.287 e. The van der Waals surface area contributed by atoms with E-state index in [-0.39, 0.29) is 5.69 Å². The SMILES string of the molecule is C#Cc1cccc(C)c1[N+](=O)[O-]. The van der Waals surface area contributed by atoms with Crippen molar-refractivity contribution < 1.29 is 4.92 Å². The molecular weight excluding hydrogens is 154 g/mol. The Kier molecular flexibility index (Phi) is 2.11. The van der Waals surface area contributed by atoms with Crippen molar-refractivity contribution in [2.45, 2.75) is 6.92 Å². The molecule has 1 rings (SSSR count). The summed E-state index contributed by atoms with van der Waals surface area (Å²) in [6.45, 7) is 1.67. The molecule has 0 N–H and O–H groups in total. The van der Waals surface area contributed by atoms with Gasteiger partial charge in [-0.05, 0) is 13.0 Å². The molecule has 0 fully saturated rings. The molecule has 0 bridgehead atoms. The topological polar surface area (TPSA) is 43.1 Å². The predicted octanol–water partition coefficient (Wildman–Crippen LogP) is 1.88. The zero-order valence-corrected chi connectivity index (χ0v) is 6.57. The van der Waals surface area contributed by atoms with Crippen LogP contribution >= 0.6 is 0 Å². The molecule has 0 heterocycles. The monoisotopic (exact) mass is 161 g/mol. The normalized spacial score (nSPS) is 9.00. The van der Waals surface area contributed by atoms with E-state index in [9.17, 15) is 10.1 Å². The van der Waals surface area contributed by atoms with Gasteiger partial charge in [0.1, 0.15) is 5.56 Å².